The topological polar surface area (TPSA) is 131 Å². The molecule has 0 aliphatic carbocycles. The van der Waals surface area contributed by atoms with E-state index in [0.29, 0.717) is 32.4 Å². The number of nitrogens with one attached hydrogen (secondary N) is 2. The average Bonchev–Trinajstić information content (AvgIpc) is 3.12. The van der Waals surface area contributed by atoms with Gasteiger partial charge in [-0.15, -0.1) is 4.68 Å². The zero-order valence-corrected chi connectivity index (χ0v) is 16.3. The van der Waals surface area contributed by atoms with Crippen molar-refractivity contribution < 1.29 is 19.3 Å². The summed E-state index contributed by atoms with van der Waals surface area (Å²) < 4.78 is 16.1. The molecule has 10 nitrogen and oxygen atoms in total. The Bertz CT molecular complexity index is 1390. The second kappa shape index (κ2) is 7.32. The molecule has 0 saturated carbocycles. The summed E-state index contributed by atoms with van der Waals surface area (Å²) in [5, 5.41) is 14.7. The fourth-order valence-corrected chi connectivity index (χ4v) is 3.16. The molecule has 4 rings (SSSR count). The van der Waals surface area contributed by atoms with Crippen LogP contribution in [0.5, 0.6) is 23.0 Å². The van der Waals surface area contributed by atoms with Crippen molar-refractivity contribution in [2.24, 2.45) is 5.10 Å². The molecule has 2 aromatic carbocycles. The first kappa shape index (κ1) is 19.1. The minimum absolute atomic E-state index is 0.164. The number of nitrogens with zero attached hydrogens (tertiary/aromatic N) is 2. The Labute approximate surface area is 168 Å². The summed E-state index contributed by atoms with van der Waals surface area (Å²) in [6, 6.07) is 8.22. The summed E-state index contributed by atoms with van der Waals surface area (Å²) in [5.74, 6) is 0.762. The van der Waals surface area contributed by atoms with Gasteiger partial charge in [0.05, 0.1) is 33.1 Å². The molecule has 0 amide bonds. The lowest BCUT2D eigenvalue weighted by Crippen LogP contribution is -2.32. The molecular weight excluding hydrogens is 392 g/mol. The van der Waals surface area contributed by atoms with Gasteiger partial charge in [-0.2, -0.15) is 5.10 Å². The quantitative estimate of drug-likeness (QED) is 0.430. The van der Waals surface area contributed by atoms with Gasteiger partial charge in [-0.3, -0.25) is 4.79 Å². The molecule has 0 bridgehead atoms. The van der Waals surface area contributed by atoms with Gasteiger partial charge < -0.3 is 29.3 Å². The number of rotatable bonds is 5. The van der Waals surface area contributed by atoms with Crippen LogP contribution in [0.2, 0.25) is 0 Å². The molecule has 0 spiro atoms. The highest BCUT2D eigenvalue weighted by Crippen LogP contribution is 2.36. The molecule has 3 N–H and O–H groups in total. The molecule has 30 heavy (non-hydrogen) atoms. The number of aromatic hydroxyl groups is 1. The van der Waals surface area contributed by atoms with Crippen LogP contribution in [0.1, 0.15) is 5.56 Å². The lowest BCUT2D eigenvalue weighted by atomic mass is 10.2. The minimum Gasteiger partial charge on any atom is -0.502 e. The summed E-state index contributed by atoms with van der Waals surface area (Å²) in [6.07, 6.45) is 1.29. The van der Waals surface area contributed by atoms with Gasteiger partial charge in [-0.1, -0.05) is 0 Å². The molecule has 0 atom stereocenters. The Hall–Kier alpha value is -4.21. The summed E-state index contributed by atoms with van der Waals surface area (Å²) >= 11 is 0. The third-order valence-electron chi connectivity index (χ3n) is 4.66. The molecule has 0 fully saturated rings. The summed E-state index contributed by atoms with van der Waals surface area (Å²) in [7, 11) is 4.32. The third kappa shape index (κ3) is 3.04. The number of phenols is 1. The number of H-pyrrole nitrogens is 2. The summed E-state index contributed by atoms with van der Waals surface area (Å²) in [6.45, 7) is 0. The first-order valence-electron chi connectivity index (χ1n) is 8.81. The van der Waals surface area contributed by atoms with Crippen molar-refractivity contribution in [3.05, 3.63) is 56.7 Å². The minimum atomic E-state index is -0.704. The second-order valence-electron chi connectivity index (χ2n) is 6.35. The molecule has 0 aliphatic rings. The average molecular weight is 410 g/mol. The van der Waals surface area contributed by atoms with Crippen molar-refractivity contribution in [2.75, 3.05) is 21.3 Å². The van der Waals surface area contributed by atoms with Crippen molar-refractivity contribution in [2.45, 2.75) is 0 Å². The molecule has 10 heteroatoms. The van der Waals surface area contributed by atoms with E-state index in [9.17, 15) is 14.7 Å². The van der Waals surface area contributed by atoms with Gasteiger partial charge in [-0.25, -0.2) is 4.79 Å². The number of hydrogen-bond donors (Lipinski definition) is 3. The largest absolute Gasteiger partial charge is 0.502 e. The fraction of sp³-hybridized carbons (Fsp3) is 0.150. The first-order chi connectivity index (χ1) is 14.5. The Morgan fingerprint density at radius 1 is 0.967 bits per heavy atom. The van der Waals surface area contributed by atoms with E-state index >= 15 is 0 Å². The van der Waals surface area contributed by atoms with Crippen LogP contribution in [-0.4, -0.2) is 47.3 Å². The van der Waals surface area contributed by atoms with Crippen LogP contribution in [0.25, 0.3) is 21.9 Å². The normalized spacial score (nSPS) is 11.4. The lowest BCUT2D eigenvalue weighted by molar-refractivity contribution is 0.340. The number of ether oxygens (including phenoxy) is 3. The number of methoxy groups -OCH3 is 3. The Kier molecular flexibility index (Phi) is 4.66. The number of benzene rings is 2. The monoisotopic (exact) mass is 410 g/mol. The third-order valence-corrected chi connectivity index (χ3v) is 4.66. The van der Waals surface area contributed by atoms with Crippen molar-refractivity contribution in [1.82, 2.24) is 14.6 Å². The number of hydrogen-bond acceptors (Lipinski definition) is 7. The van der Waals surface area contributed by atoms with Gasteiger partial charge in [0.15, 0.2) is 11.5 Å². The van der Waals surface area contributed by atoms with Gasteiger partial charge in [0, 0.05) is 16.5 Å². The predicted molar refractivity (Wildman–Crippen MR) is 111 cm³/mol. The zero-order valence-electron chi connectivity index (χ0n) is 16.3. The van der Waals surface area contributed by atoms with Gasteiger partial charge in [0.2, 0.25) is 5.75 Å². The maximum absolute atomic E-state index is 12.9. The van der Waals surface area contributed by atoms with Crippen LogP contribution in [0.15, 0.2) is 45.0 Å². The molecule has 0 radical (unpaired) electrons. The molecule has 0 saturated heterocycles. The van der Waals surface area contributed by atoms with Crippen molar-refractivity contribution in [3.63, 3.8) is 0 Å². The van der Waals surface area contributed by atoms with Gasteiger partial charge in [0.25, 0.3) is 0 Å². The van der Waals surface area contributed by atoms with Crippen LogP contribution >= 0.6 is 0 Å². The maximum atomic E-state index is 12.9. The number of aromatic nitrogens is 3. The SMILES string of the molecule is COc1ccc2[nH]c3c(=O)n(/N=C\c4cc(OC)c(O)c(OC)c4)c(=O)[nH]c3c2c1. The van der Waals surface area contributed by atoms with Gasteiger partial charge >= 0.3 is 11.2 Å². The zero-order chi connectivity index (χ0) is 21.4. The highest BCUT2D eigenvalue weighted by Gasteiger charge is 2.14. The van der Waals surface area contributed by atoms with Crippen molar-refractivity contribution in [1.29, 1.82) is 0 Å². The van der Waals surface area contributed by atoms with E-state index in [4.69, 9.17) is 14.2 Å². The van der Waals surface area contributed by atoms with E-state index in [1.54, 1.807) is 18.2 Å². The Morgan fingerprint density at radius 2 is 1.67 bits per heavy atom. The van der Waals surface area contributed by atoms with E-state index in [2.05, 4.69) is 15.1 Å². The number of fused-ring (bicyclic) bond motifs is 3. The van der Waals surface area contributed by atoms with Crippen LogP contribution in [0, 0.1) is 0 Å². The lowest BCUT2D eigenvalue weighted by Gasteiger charge is -2.09. The molecule has 2 aromatic heterocycles. The van der Waals surface area contributed by atoms with E-state index in [1.165, 1.54) is 39.7 Å². The smallest absolute Gasteiger partial charge is 0.350 e. The van der Waals surface area contributed by atoms with Crippen LogP contribution < -0.4 is 25.5 Å². The fourth-order valence-electron chi connectivity index (χ4n) is 3.16. The maximum Gasteiger partial charge on any atom is 0.350 e. The van der Waals surface area contributed by atoms with E-state index < -0.39 is 11.2 Å². The summed E-state index contributed by atoms with van der Waals surface area (Å²) in [4.78, 5) is 31.1. The standard InChI is InChI=1S/C20H18N4O6/c1-28-11-4-5-13-12(8-11)16-17(22-13)19(26)24(20(27)23-16)21-9-10-6-14(29-2)18(25)15(7-10)30-3/h4-9,22,25H,1-3H3,(H,23,27)/b21-9-. The van der Waals surface area contributed by atoms with Gasteiger partial charge in [0.1, 0.15) is 11.3 Å². The Balaban J connectivity index is 1.85. The highest BCUT2D eigenvalue weighted by atomic mass is 16.5. The van der Waals surface area contributed by atoms with Crippen molar-refractivity contribution in [3.8, 4) is 23.0 Å². The molecule has 0 aliphatic heterocycles. The van der Waals surface area contributed by atoms with Crippen LogP contribution in [-0.2, 0) is 0 Å². The van der Waals surface area contributed by atoms with Crippen LogP contribution in [0.3, 0.4) is 0 Å². The number of aromatic amines is 2. The van der Waals surface area contributed by atoms with E-state index in [0.717, 1.165) is 0 Å². The second-order valence-corrected chi connectivity index (χ2v) is 6.35. The molecule has 2 heterocycles. The molecule has 154 valence electrons. The molecule has 4 aromatic rings. The van der Waals surface area contributed by atoms with Crippen molar-refractivity contribution >= 4 is 28.2 Å². The molecule has 0 unspecified atom stereocenters. The van der Waals surface area contributed by atoms with E-state index in [1.807, 2.05) is 0 Å². The first-order valence-corrected chi connectivity index (χ1v) is 8.81. The van der Waals surface area contributed by atoms with Crippen LogP contribution in [0.4, 0.5) is 0 Å². The Morgan fingerprint density at radius 3 is 2.30 bits per heavy atom. The van der Waals surface area contributed by atoms with E-state index in [-0.39, 0.29) is 22.8 Å². The van der Waals surface area contributed by atoms with Gasteiger partial charge in [-0.05, 0) is 30.3 Å². The number of phenolic OH excluding ortho intramolecular Hbond substituents is 1. The molecular formula is C20H18N4O6. The summed E-state index contributed by atoms with van der Waals surface area (Å²) in [5.41, 5.74) is 0.389. The predicted octanol–water partition coefficient (Wildman–Crippen LogP) is 1.78. The highest BCUT2D eigenvalue weighted by molar-refractivity contribution is 6.04.